The molecule has 0 aliphatic heterocycles. The maximum absolute atomic E-state index is 14.4. The monoisotopic (exact) mass is 484 g/mol. The summed E-state index contributed by atoms with van der Waals surface area (Å²) in [5.41, 5.74) is -1.27. The quantitative estimate of drug-likeness (QED) is 0.547. The molecule has 10 heteroatoms. The van der Waals surface area contributed by atoms with Crippen molar-refractivity contribution >= 4 is 46.7 Å². The van der Waals surface area contributed by atoms with Crippen molar-refractivity contribution < 1.29 is 28.2 Å². The summed E-state index contributed by atoms with van der Waals surface area (Å²) in [5.74, 6) is -2.01. The molecule has 2 N–H and O–H groups in total. The van der Waals surface area contributed by atoms with E-state index in [4.69, 9.17) is 32.7 Å². The van der Waals surface area contributed by atoms with Crippen LogP contribution < -0.4 is 15.4 Å². The van der Waals surface area contributed by atoms with Gasteiger partial charge in [-0.2, -0.15) is 0 Å². The van der Waals surface area contributed by atoms with Gasteiger partial charge in [0.1, 0.15) is 23.2 Å². The number of carbonyl (C=O) groups is 3. The number of hydrogen-bond acceptors (Lipinski definition) is 5. The summed E-state index contributed by atoms with van der Waals surface area (Å²) < 4.78 is 24.5. The fourth-order valence-electron chi connectivity index (χ4n) is 2.61. The SMILES string of the molecule is COc1ccc(F)c(C(=O)c2c(NC(=O)C(C)NC(=O)OC(C)(C)C)ccc(Cl)c2Cl)c1. The molecule has 0 spiro atoms. The summed E-state index contributed by atoms with van der Waals surface area (Å²) in [6.45, 7) is 6.48. The molecule has 0 heterocycles. The van der Waals surface area contributed by atoms with Gasteiger partial charge in [-0.05, 0) is 58.0 Å². The number of methoxy groups -OCH3 is 1. The Balaban J connectivity index is 2.35. The van der Waals surface area contributed by atoms with Crippen LogP contribution in [0.25, 0.3) is 0 Å². The molecule has 1 unspecified atom stereocenters. The Bertz CT molecular complexity index is 1050. The molecule has 0 fully saturated rings. The molecule has 2 rings (SSSR count). The molecular weight excluding hydrogens is 462 g/mol. The van der Waals surface area contributed by atoms with Crippen LogP contribution in [0.15, 0.2) is 30.3 Å². The number of ketones is 1. The predicted molar refractivity (Wildman–Crippen MR) is 120 cm³/mol. The van der Waals surface area contributed by atoms with Gasteiger partial charge < -0.3 is 20.1 Å². The van der Waals surface area contributed by atoms with Crippen LogP contribution in [0.3, 0.4) is 0 Å². The summed E-state index contributed by atoms with van der Waals surface area (Å²) >= 11 is 12.3. The summed E-state index contributed by atoms with van der Waals surface area (Å²) in [6, 6.07) is 5.37. The molecule has 172 valence electrons. The van der Waals surface area contributed by atoms with Crippen LogP contribution in [0, 0.1) is 5.82 Å². The highest BCUT2D eigenvalue weighted by molar-refractivity contribution is 6.45. The van der Waals surface area contributed by atoms with Crippen molar-refractivity contribution in [2.45, 2.75) is 39.3 Å². The summed E-state index contributed by atoms with van der Waals surface area (Å²) in [6.07, 6.45) is -0.788. The summed E-state index contributed by atoms with van der Waals surface area (Å²) in [7, 11) is 1.37. The molecule has 2 aromatic carbocycles. The van der Waals surface area contributed by atoms with Gasteiger partial charge in [0.25, 0.3) is 0 Å². The smallest absolute Gasteiger partial charge is 0.408 e. The van der Waals surface area contributed by atoms with Crippen molar-refractivity contribution in [1.29, 1.82) is 0 Å². The lowest BCUT2D eigenvalue weighted by molar-refractivity contribution is -0.117. The van der Waals surface area contributed by atoms with Crippen molar-refractivity contribution in [3.63, 3.8) is 0 Å². The first-order valence-corrected chi connectivity index (χ1v) is 10.3. The van der Waals surface area contributed by atoms with Gasteiger partial charge in [-0.3, -0.25) is 9.59 Å². The molecule has 2 aromatic rings. The summed E-state index contributed by atoms with van der Waals surface area (Å²) in [5, 5.41) is 4.79. The Morgan fingerprint density at radius 3 is 2.34 bits per heavy atom. The van der Waals surface area contributed by atoms with Crippen LogP contribution in [0.2, 0.25) is 10.0 Å². The van der Waals surface area contributed by atoms with E-state index >= 15 is 0 Å². The van der Waals surface area contributed by atoms with E-state index in [0.29, 0.717) is 0 Å². The van der Waals surface area contributed by atoms with E-state index in [1.165, 1.54) is 38.3 Å². The van der Waals surface area contributed by atoms with Crippen molar-refractivity contribution in [2.24, 2.45) is 0 Å². The first kappa shape index (κ1) is 25.4. The van der Waals surface area contributed by atoms with Gasteiger partial charge in [0.15, 0.2) is 5.78 Å². The zero-order valence-electron chi connectivity index (χ0n) is 18.1. The third-order valence-corrected chi connectivity index (χ3v) is 4.93. The van der Waals surface area contributed by atoms with Crippen LogP contribution >= 0.6 is 23.2 Å². The van der Waals surface area contributed by atoms with Gasteiger partial charge in [-0.25, -0.2) is 9.18 Å². The number of nitrogens with one attached hydrogen (secondary N) is 2. The van der Waals surface area contributed by atoms with E-state index in [-0.39, 0.29) is 32.6 Å². The first-order valence-electron chi connectivity index (χ1n) is 9.50. The molecule has 0 radical (unpaired) electrons. The van der Waals surface area contributed by atoms with Crippen LogP contribution in [0.1, 0.15) is 43.6 Å². The highest BCUT2D eigenvalue weighted by Gasteiger charge is 2.26. The molecule has 32 heavy (non-hydrogen) atoms. The topological polar surface area (TPSA) is 93.7 Å². The second-order valence-electron chi connectivity index (χ2n) is 7.82. The van der Waals surface area contributed by atoms with E-state index < -0.39 is 35.2 Å². The highest BCUT2D eigenvalue weighted by Crippen LogP contribution is 2.34. The third-order valence-electron chi connectivity index (χ3n) is 4.12. The molecule has 7 nitrogen and oxygen atoms in total. The number of amides is 2. The van der Waals surface area contributed by atoms with Crippen molar-refractivity contribution in [3.8, 4) is 5.75 Å². The Hall–Kier alpha value is -2.84. The maximum atomic E-state index is 14.4. The number of carbonyl (C=O) groups excluding carboxylic acids is 3. The molecule has 1 atom stereocenters. The summed E-state index contributed by atoms with van der Waals surface area (Å²) in [4.78, 5) is 37.7. The molecule has 2 amide bonds. The molecule has 0 saturated heterocycles. The van der Waals surface area contributed by atoms with Gasteiger partial charge in [0, 0.05) is 0 Å². The van der Waals surface area contributed by atoms with Crippen LogP contribution in [0.4, 0.5) is 14.9 Å². The van der Waals surface area contributed by atoms with Crippen LogP contribution in [-0.4, -0.2) is 36.5 Å². The fraction of sp³-hybridized carbons (Fsp3) is 0.318. The maximum Gasteiger partial charge on any atom is 0.408 e. The number of anilines is 1. The lowest BCUT2D eigenvalue weighted by Crippen LogP contribution is -2.44. The van der Waals surface area contributed by atoms with Crippen LogP contribution in [-0.2, 0) is 9.53 Å². The second kappa shape index (κ2) is 10.2. The molecule has 0 aliphatic rings. The minimum absolute atomic E-state index is 0.00513. The highest BCUT2D eigenvalue weighted by atomic mass is 35.5. The average molecular weight is 485 g/mol. The number of alkyl carbamates (subject to hydrolysis) is 1. The fourth-order valence-corrected chi connectivity index (χ4v) is 3.02. The minimum Gasteiger partial charge on any atom is -0.497 e. The normalized spacial score (nSPS) is 12.0. The van der Waals surface area contributed by atoms with Gasteiger partial charge in [-0.15, -0.1) is 0 Å². The standard InChI is InChI=1S/C22H23Cl2FN2O5/c1-11(26-21(30)32-22(2,3)4)20(29)27-16-9-7-14(23)18(24)17(16)19(28)13-10-12(31-5)6-8-15(13)25/h6-11H,1-5H3,(H,26,30)(H,27,29). The number of rotatable bonds is 6. The number of benzene rings is 2. The second-order valence-corrected chi connectivity index (χ2v) is 8.60. The van der Waals surface area contributed by atoms with Gasteiger partial charge in [0.2, 0.25) is 5.91 Å². The number of halogens is 3. The van der Waals surface area contributed by atoms with Gasteiger partial charge in [-0.1, -0.05) is 23.2 Å². The Labute approximate surface area is 195 Å². The van der Waals surface area contributed by atoms with E-state index in [9.17, 15) is 18.8 Å². The zero-order chi connectivity index (χ0) is 24.2. The van der Waals surface area contributed by atoms with Crippen molar-refractivity contribution in [3.05, 3.63) is 57.3 Å². The molecule has 0 aliphatic carbocycles. The van der Waals surface area contributed by atoms with E-state index in [1.807, 2.05) is 0 Å². The van der Waals surface area contributed by atoms with Gasteiger partial charge in [0.05, 0.1) is 34.0 Å². The predicted octanol–water partition coefficient (Wildman–Crippen LogP) is 5.22. The molecular formula is C22H23Cl2FN2O5. The average Bonchev–Trinajstić information content (AvgIpc) is 2.69. The minimum atomic E-state index is -1.02. The van der Waals surface area contributed by atoms with Crippen molar-refractivity contribution in [1.82, 2.24) is 5.32 Å². The van der Waals surface area contributed by atoms with E-state index in [0.717, 1.165) is 6.07 Å². The lowest BCUT2D eigenvalue weighted by Gasteiger charge is -2.22. The lowest BCUT2D eigenvalue weighted by atomic mass is 10.0. The van der Waals surface area contributed by atoms with E-state index in [1.54, 1.807) is 20.8 Å². The number of ether oxygens (including phenoxy) is 2. The third kappa shape index (κ3) is 6.34. The van der Waals surface area contributed by atoms with Gasteiger partial charge >= 0.3 is 6.09 Å². The largest absolute Gasteiger partial charge is 0.497 e. The first-order chi connectivity index (χ1) is 14.8. The Morgan fingerprint density at radius 1 is 1.09 bits per heavy atom. The van der Waals surface area contributed by atoms with Crippen molar-refractivity contribution in [2.75, 3.05) is 12.4 Å². The molecule has 0 saturated carbocycles. The zero-order valence-corrected chi connectivity index (χ0v) is 19.7. The molecule has 0 bridgehead atoms. The Morgan fingerprint density at radius 2 is 1.75 bits per heavy atom. The molecule has 0 aromatic heterocycles. The van der Waals surface area contributed by atoms with E-state index in [2.05, 4.69) is 10.6 Å². The van der Waals surface area contributed by atoms with Crippen LogP contribution in [0.5, 0.6) is 5.75 Å². The Kier molecular flexibility index (Phi) is 8.09. The number of hydrogen-bond donors (Lipinski definition) is 2.